The van der Waals surface area contributed by atoms with Gasteiger partial charge in [-0.05, 0) is 73.6 Å². The molecule has 7 rings (SSSR count). The predicted octanol–water partition coefficient (Wildman–Crippen LogP) is 5.05. The van der Waals surface area contributed by atoms with E-state index in [4.69, 9.17) is 64.1 Å². The Bertz CT molecular complexity index is 1930. The van der Waals surface area contributed by atoms with Gasteiger partial charge in [0.15, 0.2) is 0 Å². The van der Waals surface area contributed by atoms with Crippen molar-refractivity contribution in [3.63, 3.8) is 0 Å². The molecule has 1 aliphatic carbocycles. The quantitative estimate of drug-likeness (QED) is 0.0639. The third-order valence-corrected chi connectivity index (χ3v) is 12.1. The second-order valence-electron chi connectivity index (χ2n) is 16.6. The lowest BCUT2D eigenvalue weighted by atomic mass is 9.89. The first-order valence-corrected chi connectivity index (χ1v) is 23.7. The second-order valence-corrected chi connectivity index (χ2v) is 17.0. The molecule has 2 saturated heterocycles. The normalized spacial score (nSPS) is 20.2. The lowest BCUT2D eigenvalue weighted by Gasteiger charge is -2.43. The van der Waals surface area contributed by atoms with Crippen molar-refractivity contribution in [2.24, 2.45) is 0 Å². The summed E-state index contributed by atoms with van der Waals surface area (Å²) < 4.78 is 60.3. The Labute approximate surface area is 392 Å². The molecule has 1 saturated carbocycles. The van der Waals surface area contributed by atoms with Crippen LogP contribution < -0.4 is 14.8 Å². The van der Waals surface area contributed by atoms with Crippen LogP contribution in [0.2, 0.25) is 5.02 Å². The number of morpholine rings is 1. The number of methoxy groups -OCH3 is 1. The molecule has 0 unspecified atom stereocenters. The van der Waals surface area contributed by atoms with Gasteiger partial charge in [-0.3, -0.25) is 9.58 Å². The number of hydrogen-bond acceptors (Lipinski definition) is 18. The minimum atomic E-state index is -0.224. The molecule has 1 aromatic carbocycles. The molecular formula is C45H67ClN10O10. The van der Waals surface area contributed by atoms with E-state index in [1.165, 1.54) is 12.8 Å². The Hall–Kier alpha value is -4.09. The number of rotatable bonds is 32. The third kappa shape index (κ3) is 15.7. The smallest absolute Gasteiger partial charge is 0.256 e. The number of hydrogen-bond donors (Lipinski definition) is 1. The van der Waals surface area contributed by atoms with Crippen molar-refractivity contribution < 1.29 is 47.4 Å². The molecule has 3 aromatic heterocycles. The Morgan fingerprint density at radius 2 is 1.32 bits per heavy atom. The number of nitrogens with one attached hydrogen (secondary N) is 1. The maximum Gasteiger partial charge on any atom is 0.256 e. The van der Waals surface area contributed by atoms with Crippen molar-refractivity contribution in [2.75, 3.05) is 118 Å². The lowest BCUT2D eigenvalue weighted by Crippen LogP contribution is -2.52. The SMILES string of the molecule is COCCOCCOCCOCCOCCOCCOCCCOc1nn(C2CCC(N3[C@@H]4CC[C@H]3COC4)CC2)cc1Nc1ncc(-c2ccc(Cl)c(O[C@@H](C)Cn3cnnn3)c2)cn1. The van der Waals surface area contributed by atoms with Crippen LogP contribution >= 0.6 is 11.6 Å². The van der Waals surface area contributed by atoms with E-state index in [0.717, 1.165) is 50.0 Å². The highest BCUT2D eigenvalue weighted by Crippen LogP contribution is 2.40. The molecule has 2 bridgehead atoms. The summed E-state index contributed by atoms with van der Waals surface area (Å²) in [4.78, 5) is 12.1. The first kappa shape index (κ1) is 49.8. The molecule has 364 valence electrons. The summed E-state index contributed by atoms with van der Waals surface area (Å²) in [5, 5.41) is 20.1. The van der Waals surface area contributed by atoms with Crippen LogP contribution in [0.1, 0.15) is 57.9 Å². The van der Waals surface area contributed by atoms with Crippen molar-refractivity contribution in [1.29, 1.82) is 0 Å². The number of aromatic nitrogens is 8. The van der Waals surface area contributed by atoms with E-state index in [-0.39, 0.29) is 12.1 Å². The van der Waals surface area contributed by atoms with Crippen LogP contribution in [0.5, 0.6) is 11.6 Å². The Morgan fingerprint density at radius 3 is 1.92 bits per heavy atom. The minimum absolute atomic E-state index is 0.224. The Balaban J connectivity index is 0.834. The fourth-order valence-corrected chi connectivity index (χ4v) is 8.68. The molecule has 3 aliphatic rings. The summed E-state index contributed by atoms with van der Waals surface area (Å²) in [5.74, 6) is 1.48. The van der Waals surface area contributed by atoms with E-state index in [1.54, 1.807) is 36.6 Å². The summed E-state index contributed by atoms with van der Waals surface area (Å²) >= 11 is 6.51. The number of ether oxygens (including phenoxy) is 10. The molecule has 0 radical (unpaired) electrons. The van der Waals surface area contributed by atoms with E-state index in [9.17, 15) is 0 Å². The van der Waals surface area contributed by atoms with Gasteiger partial charge in [0, 0.05) is 56.2 Å². The molecule has 3 atom stereocenters. The highest BCUT2D eigenvalue weighted by atomic mass is 35.5. The maximum atomic E-state index is 6.51. The van der Waals surface area contributed by atoms with Crippen LogP contribution in [-0.2, 0) is 44.4 Å². The lowest BCUT2D eigenvalue weighted by molar-refractivity contribution is -0.0458. The molecule has 2 aliphatic heterocycles. The van der Waals surface area contributed by atoms with Gasteiger partial charge >= 0.3 is 0 Å². The first-order chi connectivity index (χ1) is 32.5. The Morgan fingerprint density at radius 1 is 0.727 bits per heavy atom. The number of tetrazole rings is 1. The van der Waals surface area contributed by atoms with Gasteiger partial charge < -0.3 is 52.7 Å². The zero-order valence-electron chi connectivity index (χ0n) is 38.4. The average Bonchev–Trinajstić information content (AvgIpc) is 4.06. The van der Waals surface area contributed by atoms with Crippen LogP contribution in [0.3, 0.4) is 0 Å². The topological polar surface area (TPSA) is 195 Å². The van der Waals surface area contributed by atoms with Crippen molar-refractivity contribution in [3.8, 4) is 22.8 Å². The third-order valence-electron chi connectivity index (χ3n) is 11.7. The van der Waals surface area contributed by atoms with Gasteiger partial charge in [-0.15, -0.1) is 10.2 Å². The van der Waals surface area contributed by atoms with Crippen molar-refractivity contribution in [3.05, 3.63) is 48.1 Å². The summed E-state index contributed by atoms with van der Waals surface area (Å²) in [6.07, 6.45) is 14.5. The van der Waals surface area contributed by atoms with Crippen LogP contribution in [0.25, 0.3) is 11.1 Å². The van der Waals surface area contributed by atoms with E-state index < -0.39 is 0 Å². The molecule has 0 spiro atoms. The molecular weight excluding hydrogens is 876 g/mol. The number of nitrogens with zero attached hydrogens (tertiary/aromatic N) is 9. The summed E-state index contributed by atoms with van der Waals surface area (Å²) in [6, 6.07) is 7.61. The minimum Gasteiger partial charge on any atom is -0.487 e. The predicted molar refractivity (Wildman–Crippen MR) is 244 cm³/mol. The van der Waals surface area contributed by atoms with Crippen molar-refractivity contribution in [1.82, 2.24) is 44.9 Å². The largest absolute Gasteiger partial charge is 0.487 e. The molecule has 21 heteroatoms. The van der Waals surface area contributed by atoms with E-state index in [1.807, 2.05) is 25.3 Å². The monoisotopic (exact) mass is 942 g/mol. The molecule has 1 N–H and O–H groups in total. The van der Waals surface area contributed by atoms with Crippen LogP contribution in [-0.4, -0.2) is 182 Å². The zero-order chi connectivity index (χ0) is 45.6. The van der Waals surface area contributed by atoms with Gasteiger partial charge in [0.1, 0.15) is 23.9 Å². The molecule has 20 nitrogen and oxygen atoms in total. The first-order valence-electron chi connectivity index (χ1n) is 23.3. The number of anilines is 2. The Kier molecular flexibility index (Phi) is 20.9. The number of benzene rings is 1. The summed E-state index contributed by atoms with van der Waals surface area (Å²) in [5.41, 5.74) is 2.38. The van der Waals surface area contributed by atoms with E-state index in [0.29, 0.717) is 152 Å². The zero-order valence-corrected chi connectivity index (χ0v) is 39.1. The van der Waals surface area contributed by atoms with Gasteiger partial charge in [-0.1, -0.05) is 17.7 Å². The maximum absolute atomic E-state index is 6.51. The van der Waals surface area contributed by atoms with Crippen LogP contribution in [0.15, 0.2) is 43.1 Å². The fraction of sp³-hybridized carbons (Fsp3) is 0.689. The summed E-state index contributed by atoms with van der Waals surface area (Å²) in [6.45, 7) is 11.3. The van der Waals surface area contributed by atoms with Gasteiger partial charge in [0.2, 0.25) is 5.95 Å². The number of fused-ring (bicyclic) bond motifs is 2. The van der Waals surface area contributed by atoms with Crippen LogP contribution in [0, 0.1) is 0 Å². The molecule has 0 amide bonds. The van der Waals surface area contributed by atoms with Crippen molar-refractivity contribution in [2.45, 2.75) is 88.7 Å². The second kappa shape index (κ2) is 27.7. The van der Waals surface area contributed by atoms with Gasteiger partial charge in [0.25, 0.3) is 5.88 Å². The molecule has 3 fully saturated rings. The van der Waals surface area contributed by atoms with Gasteiger partial charge in [0.05, 0.1) is 123 Å². The highest BCUT2D eigenvalue weighted by molar-refractivity contribution is 6.32. The molecule has 4 aromatic rings. The summed E-state index contributed by atoms with van der Waals surface area (Å²) in [7, 11) is 1.65. The molecule has 5 heterocycles. The van der Waals surface area contributed by atoms with Gasteiger partial charge in [-0.25, -0.2) is 14.6 Å². The molecule has 66 heavy (non-hydrogen) atoms. The number of halogens is 1. The van der Waals surface area contributed by atoms with E-state index in [2.05, 4.69) is 40.4 Å². The van der Waals surface area contributed by atoms with Crippen LogP contribution in [0.4, 0.5) is 11.6 Å². The standard InChI is InChI=1S/C45H67ClN10O10/c1-34(29-54-33-49-52-53-54)66-43-26-35(4-11-41(43)46)36-27-47-45(48-28-36)50-42-30-55(37-5-7-38(8-6-37)56-39-9-10-40(56)32-64-31-39)51-44(42)65-13-3-12-58-16-17-60-20-21-62-24-25-63-23-22-61-19-18-59-15-14-57-2/h4,11,26-28,30,33-34,37-40H,3,5-10,12-25,29,31-32H2,1-2H3,(H,47,48,50)/t34-,37?,38?,39-,40+/m0/s1. The average molecular weight is 944 g/mol. The fourth-order valence-electron chi connectivity index (χ4n) is 8.52. The van der Waals surface area contributed by atoms with Gasteiger partial charge in [-0.2, -0.15) is 0 Å². The highest BCUT2D eigenvalue weighted by Gasteiger charge is 2.42. The van der Waals surface area contributed by atoms with Crippen molar-refractivity contribution >= 4 is 23.2 Å². The van der Waals surface area contributed by atoms with E-state index >= 15 is 0 Å².